The van der Waals surface area contributed by atoms with Crippen LogP contribution in [0.1, 0.15) is 17.4 Å². The van der Waals surface area contributed by atoms with Crippen molar-refractivity contribution < 1.29 is 9.90 Å². The molecule has 17 heavy (non-hydrogen) atoms. The van der Waals surface area contributed by atoms with E-state index < -0.39 is 5.97 Å². The van der Waals surface area contributed by atoms with Crippen LogP contribution in [0, 0.1) is 0 Å². The molecule has 0 saturated carbocycles. The van der Waals surface area contributed by atoms with E-state index in [4.69, 9.17) is 5.11 Å². The van der Waals surface area contributed by atoms with Crippen molar-refractivity contribution in [2.45, 2.75) is 19.5 Å². The van der Waals surface area contributed by atoms with Crippen LogP contribution in [0.5, 0.6) is 0 Å². The molecule has 0 radical (unpaired) electrons. The van der Waals surface area contributed by atoms with Crippen molar-refractivity contribution >= 4 is 5.97 Å². The number of nitrogens with zero attached hydrogens (tertiary/aromatic N) is 4. The second-order valence-electron chi connectivity index (χ2n) is 4.29. The van der Waals surface area contributed by atoms with Gasteiger partial charge in [-0.15, -0.1) is 5.10 Å². The molecule has 0 spiro atoms. The molecule has 0 aliphatic heterocycles. The number of likely N-dealkylation sites (N-methyl/N-ethyl adjacent to an activating group) is 1. The third-order valence-corrected chi connectivity index (χ3v) is 2.23. The van der Waals surface area contributed by atoms with Gasteiger partial charge in [0.1, 0.15) is 0 Å². The van der Waals surface area contributed by atoms with Crippen LogP contribution < -0.4 is 5.32 Å². The number of rotatable bonds is 7. The lowest BCUT2D eigenvalue weighted by atomic mass is 10.3. The molecular weight excluding hydrogens is 222 g/mol. The number of carboxylic acid groups (broad SMARTS) is 1. The Morgan fingerprint density at radius 3 is 2.88 bits per heavy atom. The summed E-state index contributed by atoms with van der Waals surface area (Å²) in [5, 5.41) is 19.3. The maximum atomic E-state index is 10.6. The van der Waals surface area contributed by atoms with E-state index in [-0.39, 0.29) is 5.69 Å². The Morgan fingerprint density at radius 2 is 2.35 bits per heavy atom. The quantitative estimate of drug-likeness (QED) is 0.670. The summed E-state index contributed by atoms with van der Waals surface area (Å²) >= 11 is 0. The number of carboxylic acids is 1. The molecule has 96 valence electrons. The van der Waals surface area contributed by atoms with Crippen molar-refractivity contribution in [1.29, 1.82) is 0 Å². The highest BCUT2D eigenvalue weighted by atomic mass is 16.4. The third-order valence-electron chi connectivity index (χ3n) is 2.23. The summed E-state index contributed by atoms with van der Waals surface area (Å²) in [6.07, 6.45) is 1.43. The molecule has 0 saturated heterocycles. The Hall–Kier alpha value is -1.47. The Labute approximate surface area is 100 Å². The second kappa shape index (κ2) is 6.31. The summed E-state index contributed by atoms with van der Waals surface area (Å²) in [6, 6.07) is 0.382. The topological polar surface area (TPSA) is 83.3 Å². The lowest BCUT2D eigenvalue weighted by molar-refractivity contribution is 0.0690. The fraction of sp³-hybridized carbons (Fsp3) is 0.700. The molecule has 1 rings (SSSR count). The van der Waals surface area contributed by atoms with Gasteiger partial charge in [0, 0.05) is 19.1 Å². The zero-order valence-electron chi connectivity index (χ0n) is 10.4. The SMILES string of the molecule is CC(CN(C)C)NCCn1cc(C(=O)O)nn1. The van der Waals surface area contributed by atoms with Gasteiger partial charge >= 0.3 is 5.97 Å². The first-order chi connectivity index (χ1) is 7.99. The zero-order chi connectivity index (χ0) is 12.8. The van der Waals surface area contributed by atoms with Gasteiger partial charge in [-0.3, -0.25) is 4.68 Å². The van der Waals surface area contributed by atoms with Crippen LogP contribution in [0.4, 0.5) is 0 Å². The van der Waals surface area contributed by atoms with Crippen molar-refractivity contribution in [3.05, 3.63) is 11.9 Å². The number of hydrogen-bond donors (Lipinski definition) is 2. The van der Waals surface area contributed by atoms with Gasteiger partial charge in [-0.05, 0) is 21.0 Å². The minimum atomic E-state index is -1.05. The summed E-state index contributed by atoms with van der Waals surface area (Å²) in [4.78, 5) is 12.7. The number of hydrogen-bond acceptors (Lipinski definition) is 5. The molecule has 1 heterocycles. The van der Waals surface area contributed by atoms with E-state index in [1.54, 1.807) is 0 Å². The molecule has 1 atom stereocenters. The van der Waals surface area contributed by atoms with E-state index in [1.165, 1.54) is 10.9 Å². The van der Waals surface area contributed by atoms with Crippen LogP contribution in [-0.2, 0) is 6.54 Å². The first kappa shape index (κ1) is 13.6. The van der Waals surface area contributed by atoms with Crippen molar-refractivity contribution in [3.63, 3.8) is 0 Å². The molecule has 0 aliphatic rings. The lowest BCUT2D eigenvalue weighted by Crippen LogP contribution is -2.37. The molecule has 7 nitrogen and oxygen atoms in total. The first-order valence-corrected chi connectivity index (χ1v) is 5.50. The maximum absolute atomic E-state index is 10.6. The van der Waals surface area contributed by atoms with Gasteiger partial charge in [-0.1, -0.05) is 5.21 Å². The van der Waals surface area contributed by atoms with E-state index in [0.717, 1.165) is 13.1 Å². The van der Waals surface area contributed by atoms with Crippen molar-refractivity contribution in [2.24, 2.45) is 0 Å². The average Bonchev–Trinajstić information content (AvgIpc) is 2.65. The van der Waals surface area contributed by atoms with Crippen LogP contribution in [0.25, 0.3) is 0 Å². The number of aromatic nitrogens is 3. The Morgan fingerprint density at radius 1 is 1.65 bits per heavy atom. The van der Waals surface area contributed by atoms with Crippen LogP contribution in [0.15, 0.2) is 6.20 Å². The molecule has 0 bridgehead atoms. The highest BCUT2D eigenvalue weighted by Gasteiger charge is 2.08. The van der Waals surface area contributed by atoms with Gasteiger partial charge in [0.2, 0.25) is 0 Å². The predicted octanol–water partition coefficient (Wildman–Crippen LogP) is -0.484. The standard InChI is InChI=1S/C10H19N5O2/c1-8(6-14(2)3)11-4-5-15-7-9(10(16)17)12-13-15/h7-8,11H,4-6H2,1-3H3,(H,16,17). The van der Waals surface area contributed by atoms with Gasteiger partial charge in [-0.25, -0.2) is 4.79 Å². The molecule has 2 N–H and O–H groups in total. The fourth-order valence-corrected chi connectivity index (χ4v) is 1.54. The number of nitrogens with one attached hydrogen (secondary N) is 1. The molecule has 0 amide bonds. The van der Waals surface area contributed by atoms with Crippen molar-refractivity contribution in [1.82, 2.24) is 25.2 Å². The smallest absolute Gasteiger partial charge is 0.358 e. The molecule has 7 heteroatoms. The van der Waals surface area contributed by atoms with Crippen LogP contribution in [-0.4, -0.2) is 64.2 Å². The predicted molar refractivity (Wildman–Crippen MR) is 63.0 cm³/mol. The normalized spacial score (nSPS) is 12.9. The molecule has 0 fully saturated rings. The second-order valence-corrected chi connectivity index (χ2v) is 4.29. The highest BCUT2D eigenvalue weighted by Crippen LogP contribution is 1.92. The summed E-state index contributed by atoms with van der Waals surface area (Å²) in [5.41, 5.74) is -0.0219. The van der Waals surface area contributed by atoms with E-state index in [1.807, 2.05) is 14.1 Å². The van der Waals surface area contributed by atoms with Crippen molar-refractivity contribution in [3.8, 4) is 0 Å². The van der Waals surface area contributed by atoms with E-state index in [0.29, 0.717) is 12.6 Å². The fourth-order valence-electron chi connectivity index (χ4n) is 1.54. The molecule has 1 aromatic rings. The molecule has 1 aromatic heterocycles. The van der Waals surface area contributed by atoms with Gasteiger partial charge in [0.05, 0.1) is 12.7 Å². The molecule has 1 unspecified atom stereocenters. The van der Waals surface area contributed by atoms with E-state index in [2.05, 4.69) is 27.5 Å². The average molecular weight is 241 g/mol. The first-order valence-electron chi connectivity index (χ1n) is 5.50. The monoisotopic (exact) mass is 241 g/mol. The molecule has 0 aromatic carbocycles. The highest BCUT2D eigenvalue weighted by molar-refractivity contribution is 5.84. The van der Waals surface area contributed by atoms with Crippen LogP contribution in [0.2, 0.25) is 0 Å². The summed E-state index contributed by atoms with van der Waals surface area (Å²) in [7, 11) is 4.05. The minimum Gasteiger partial charge on any atom is -0.476 e. The van der Waals surface area contributed by atoms with Crippen LogP contribution in [0.3, 0.4) is 0 Å². The Kier molecular flexibility index (Phi) is 5.05. The maximum Gasteiger partial charge on any atom is 0.358 e. The summed E-state index contributed by atoms with van der Waals surface area (Å²) < 4.78 is 1.53. The molecule has 0 aliphatic carbocycles. The zero-order valence-corrected chi connectivity index (χ0v) is 10.4. The van der Waals surface area contributed by atoms with Crippen molar-refractivity contribution in [2.75, 3.05) is 27.2 Å². The summed E-state index contributed by atoms with van der Waals surface area (Å²) in [6.45, 7) is 4.40. The lowest BCUT2D eigenvalue weighted by Gasteiger charge is -2.18. The van der Waals surface area contributed by atoms with Gasteiger partial charge < -0.3 is 15.3 Å². The number of carbonyl (C=O) groups is 1. The Bertz CT molecular complexity index is 363. The van der Waals surface area contributed by atoms with E-state index in [9.17, 15) is 4.79 Å². The third kappa shape index (κ3) is 4.92. The minimum absolute atomic E-state index is 0.0219. The van der Waals surface area contributed by atoms with Gasteiger partial charge in [0.25, 0.3) is 0 Å². The summed E-state index contributed by atoms with van der Waals surface area (Å²) in [5.74, 6) is -1.05. The van der Waals surface area contributed by atoms with Gasteiger partial charge in [-0.2, -0.15) is 0 Å². The Balaban J connectivity index is 2.28. The largest absolute Gasteiger partial charge is 0.476 e. The number of aromatic carboxylic acids is 1. The van der Waals surface area contributed by atoms with Crippen LogP contribution >= 0.6 is 0 Å². The van der Waals surface area contributed by atoms with Gasteiger partial charge in [0.15, 0.2) is 5.69 Å². The van der Waals surface area contributed by atoms with E-state index >= 15 is 0 Å². The molecular formula is C10H19N5O2.